The van der Waals surface area contributed by atoms with E-state index in [9.17, 15) is 9.59 Å². The highest BCUT2D eigenvalue weighted by Crippen LogP contribution is 2.17. The summed E-state index contributed by atoms with van der Waals surface area (Å²) in [6.45, 7) is 5.25. The summed E-state index contributed by atoms with van der Waals surface area (Å²) in [5, 5.41) is 14.5. The van der Waals surface area contributed by atoms with Crippen LogP contribution >= 0.6 is 11.3 Å². The summed E-state index contributed by atoms with van der Waals surface area (Å²) in [6.07, 6.45) is 0. The first kappa shape index (κ1) is 14.7. The second kappa shape index (κ2) is 5.97. The van der Waals surface area contributed by atoms with Crippen LogP contribution in [-0.2, 0) is 11.3 Å². The van der Waals surface area contributed by atoms with Crippen LogP contribution in [0.3, 0.4) is 0 Å². The van der Waals surface area contributed by atoms with Crippen molar-refractivity contribution in [1.82, 2.24) is 10.6 Å². The maximum atomic E-state index is 11.9. The summed E-state index contributed by atoms with van der Waals surface area (Å²) in [5.74, 6) is -0.316. The van der Waals surface area contributed by atoms with Crippen LogP contribution in [0.4, 0.5) is 0 Å². The molecule has 0 saturated heterocycles. The van der Waals surface area contributed by atoms with E-state index in [1.54, 1.807) is 19.9 Å². The molecule has 0 bridgehead atoms. The van der Waals surface area contributed by atoms with E-state index in [-0.39, 0.29) is 18.4 Å². The molecule has 1 aromatic heterocycles. The van der Waals surface area contributed by atoms with E-state index >= 15 is 0 Å². The number of aliphatic hydroxyl groups excluding tert-OH is 1. The van der Waals surface area contributed by atoms with Gasteiger partial charge in [0.2, 0.25) is 5.91 Å². The lowest BCUT2D eigenvalue weighted by atomic mass is 10.1. The van der Waals surface area contributed by atoms with Crippen LogP contribution < -0.4 is 10.6 Å². The molecule has 1 rings (SSSR count). The molecule has 0 aliphatic heterocycles. The van der Waals surface area contributed by atoms with Crippen molar-refractivity contribution in [1.29, 1.82) is 0 Å². The molecule has 0 atom stereocenters. The third-order valence-electron chi connectivity index (χ3n) is 2.24. The molecular weight excluding hydrogens is 252 g/mol. The van der Waals surface area contributed by atoms with Crippen LogP contribution in [0, 0.1) is 0 Å². The maximum Gasteiger partial charge on any atom is 0.261 e. The number of thiophene rings is 1. The number of hydrogen-bond donors (Lipinski definition) is 3. The van der Waals surface area contributed by atoms with Gasteiger partial charge in [-0.05, 0) is 26.0 Å². The van der Waals surface area contributed by atoms with Gasteiger partial charge in [-0.2, -0.15) is 0 Å². The quantitative estimate of drug-likeness (QED) is 0.743. The second-order valence-electron chi connectivity index (χ2n) is 4.67. The van der Waals surface area contributed by atoms with Crippen LogP contribution in [0.5, 0.6) is 0 Å². The van der Waals surface area contributed by atoms with Crippen molar-refractivity contribution in [2.45, 2.75) is 32.9 Å². The highest BCUT2D eigenvalue weighted by atomic mass is 32.1. The monoisotopic (exact) mass is 270 g/mol. The van der Waals surface area contributed by atoms with E-state index in [0.29, 0.717) is 11.4 Å². The average Bonchev–Trinajstić information content (AvgIpc) is 2.74. The molecule has 0 aromatic carbocycles. The Morgan fingerprint density at radius 3 is 2.61 bits per heavy atom. The fraction of sp³-hybridized carbons (Fsp3) is 0.500. The highest BCUT2D eigenvalue weighted by molar-refractivity contribution is 7.14. The van der Waals surface area contributed by atoms with E-state index in [1.807, 2.05) is 6.07 Å². The van der Waals surface area contributed by atoms with Gasteiger partial charge in [0.15, 0.2) is 0 Å². The van der Waals surface area contributed by atoms with E-state index < -0.39 is 5.54 Å². The standard InChI is InChI=1S/C12H18N2O3S/c1-8(16)13-6-9-4-5-10(18-9)11(17)14-12(2,3)7-15/h4-5,15H,6-7H2,1-3H3,(H,13,16)(H,14,17). The molecule has 2 amide bonds. The lowest BCUT2D eigenvalue weighted by molar-refractivity contribution is -0.119. The second-order valence-corrected chi connectivity index (χ2v) is 5.84. The van der Waals surface area contributed by atoms with Crippen molar-refractivity contribution in [3.63, 3.8) is 0 Å². The Balaban J connectivity index is 2.62. The minimum atomic E-state index is -0.640. The van der Waals surface area contributed by atoms with Gasteiger partial charge in [0.1, 0.15) is 0 Å². The Hall–Kier alpha value is -1.40. The normalized spacial score (nSPS) is 11.1. The highest BCUT2D eigenvalue weighted by Gasteiger charge is 2.20. The predicted octanol–water partition coefficient (Wildman–Crippen LogP) is 0.885. The number of amides is 2. The fourth-order valence-corrected chi connectivity index (χ4v) is 2.06. The first-order chi connectivity index (χ1) is 8.34. The molecule has 100 valence electrons. The largest absolute Gasteiger partial charge is 0.394 e. The van der Waals surface area contributed by atoms with Gasteiger partial charge in [-0.1, -0.05) is 0 Å². The summed E-state index contributed by atoms with van der Waals surface area (Å²) in [5.41, 5.74) is -0.640. The molecule has 0 spiro atoms. The van der Waals surface area contributed by atoms with Crippen LogP contribution in [0.1, 0.15) is 35.3 Å². The van der Waals surface area contributed by atoms with Crippen molar-refractivity contribution >= 4 is 23.2 Å². The number of carbonyl (C=O) groups is 2. The molecule has 0 fully saturated rings. The summed E-state index contributed by atoms with van der Waals surface area (Å²) >= 11 is 1.33. The van der Waals surface area contributed by atoms with Crippen LogP contribution in [-0.4, -0.2) is 29.1 Å². The van der Waals surface area contributed by atoms with Gasteiger partial charge < -0.3 is 15.7 Å². The molecule has 0 unspecified atom stereocenters. The third kappa shape index (κ3) is 4.46. The molecule has 18 heavy (non-hydrogen) atoms. The number of hydrogen-bond acceptors (Lipinski definition) is 4. The lowest BCUT2D eigenvalue weighted by Gasteiger charge is -2.22. The Bertz CT molecular complexity index is 440. The van der Waals surface area contributed by atoms with Gasteiger partial charge in [0.25, 0.3) is 5.91 Å². The zero-order chi connectivity index (χ0) is 13.8. The first-order valence-corrected chi connectivity index (χ1v) is 6.42. The van der Waals surface area contributed by atoms with Crippen molar-refractivity contribution in [2.75, 3.05) is 6.61 Å². The summed E-state index contributed by atoms with van der Waals surface area (Å²) < 4.78 is 0. The van der Waals surface area contributed by atoms with Crippen LogP contribution in [0.2, 0.25) is 0 Å². The van der Waals surface area contributed by atoms with Crippen molar-refractivity contribution in [3.8, 4) is 0 Å². The van der Waals surface area contributed by atoms with Gasteiger partial charge >= 0.3 is 0 Å². The van der Waals surface area contributed by atoms with Crippen molar-refractivity contribution in [3.05, 3.63) is 21.9 Å². The Morgan fingerprint density at radius 2 is 2.06 bits per heavy atom. The molecule has 1 aromatic rings. The zero-order valence-electron chi connectivity index (χ0n) is 10.7. The molecule has 5 nitrogen and oxygen atoms in total. The van der Waals surface area contributed by atoms with Gasteiger partial charge in [-0.15, -0.1) is 11.3 Å². The smallest absolute Gasteiger partial charge is 0.261 e. The number of nitrogens with one attached hydrogen (secondary N) is 2. The van der Waals surface area contributed by atoms with Crippen molar-refractivity contribution in [2.24, 2.45) is 0 Å². The SMILES string of the molecule is CC(=O)NCc1ccc(C(=O)NC(C)(C)CO)s1. The summed E-state index contributed by atoms with van der Waals surface area (Å²) in [6, 6.07) is 3.52. The van der Waals surface area contributed by atoms with E-state index in [2.05, 4.69) is 10.6 Å². The van der Waals surface area contributed by atoms with Gasteiger partial charge in [-0.25, -0.2) is 0 Å². The minimum absolute atomic E-state index is 0.101. The van der Waals surface area contributed by atoms with Gasteiger partial charge in [0.05, 0.1) is 23.6 Å². The molecule has 6 heteroatoms. The lowest BCUT2D eigenvalue weighted by Crippen LogP contribution is -2.46. The first-order valence-electron chi connectivity index (χ1n) is 5.60. The topological polar surface area (TPSA) is 78.4 Å². The minimum Gasteiger partial charge on any atom is -0.394 e. The molecule has 3 N–H and O–H groups in total. The van der Waals surface area contributed by atoms with Crippen LogP contribution in [0.15, 0.2) is 12.1 Å². The molecule has 0 saturated carbocycles. The zero-order valence-corrected chi connectivity index (χ0v) is 11.6. The van der Waals surface area contributed by atoms with Crippen molar-refractivity contribution < 1.29 is 14.7 Å². The van der Waals surface area contributed by atoms with Gasteiger partial charge in [0, 0.05) is 11.8 Å². The summed E-state index contributed by atoms with van der Waals surface area (Å²) in [4.78, 5) is 24.1. The van der Waals surface area contributed by atoms with Crippen LogP contribution in [0.25, 0.3) is 0 Å². The van der Waals surface area contributed by atoms with E-state index in [4.69, 9.17) is 5.11 Å². The number of carbonyl (C=O) groups excluding carboxylic acids is 2. The Morgan fingerprint density at radius 1 is 1.39 bits per heavy atom. The maximum absolute atomic E-state index is 11.9. The predicted molar refractivity (Wildman–Crippen MR) is 70.5 cm³/mol. The molecule has 0 aliphatic carbocycles. The fourth-order valence-electron chi connectivity index (χ4n) is 1.22. The molecule has 1 heterocycles. The number of aliphatic hydroxyl groups is 1. The molecule has 0 aliphatic rings. The summed E-state index contributed by atoms with van der Waals surface area (Å²) in [7, 11) is 0. The molecule has 0 radical (unpaired) electrons. The van der Waals surface area contributed by atoms with Gasteiger partial charge in [-0.3, -0.25) is 9.59 Å². The molecular formula is C12H18N2O3S. The number of rotatable bonds is 5. The third-order valence-corrected chi connectivity index (χ3v) is 3.33. The average molecular weight is 270 g/mol. The Labute approximate surface area is 110 Å². The Kier molecular flexibility index (Phi) is 4.86. The van der Waals surface area contributed by atoms with E-state index in [0.717, 1.165) is 4.88 Å². The van der Waals surface area contributed by atoms with E-state index in [1.165, 1.54) is 18.3 Å².